The molecule has 2 fully saturated rings. The van der Waals surface area contributed by atoms with Gasteiger partial charge in [0, 0.05) is 0 Å². The molecule has 0 bridgehead atoms. The molecule has 0 aromatic carbocycles. The van der Waals surface area contributed by atoms with Crippen molar-refractivity contribution in [2.24, 2.45) is 16.2 Å². The van der Waals surface area contributed by atoms with E-state index in [1.165, 1.54) is 14.2 Å². The van der Waals surface area contributed by atoms with E-state index in [1.807, 2.05) is 0 Å². The van der Waals surface area contributed by atoms with Gasteiger partial charge in [0.1, 0.15) is 0 Å². The van der Waals surface area contributed by atoms with Crippen LogP contribution in [-0.4, -0.2) is 26.2 Å². The molecule has 3 aliphatic rings. The van der Waals surface area contributed by atoms with Crippen LogP contribution in [0.5, 0.6) is 0 Å². The van der Waals surface area contributed by atoms with Crippen molar-refractivity contribution >= 4 is 11.9 Å². The van der Waals surface area contributed by atoms with Crippen LogP contribution >= 0.6 is 0 Å². The summed E-state index contributed by atoms with van der Waals surface area (Å²) in [7, 11) is 2.68. The first-order valence-electron chi connectivity index (χ1n) is 6.39. The van der Waals surface area contributed by atoms with Gasteiger partial charge >= 0.3 is 11.9 Å². The third kappa shape index (κ3) is 1.16. The van der Waals surface area contributed by atoms with Crippen LogP contribution in [-0.2, 0) is 19.1 Å². The molecular weight excluding hydrogens is 232 g/mol. The summed E-state index contributed by atoms with van der Waals surface area (Å²) < 4.78 is 9.73. The van der Waals surface area contributed by atoms with Crippen LogP contribution in [0.3, 0.4) is 0 Å². The zero-order valence-electron chi connectivity index (χ0n) is 10.8. The van der Waals surface area contributed by atoms with E-state index < -0.39 is 17.4 Å². The summed E-state index contributed by atoms with van der Waals surface area (Å²) in [6.45, 7) is 0. The van der Waals surface area contributed by atoms with Crippen LogP contribution in [0.25, 0.3) is 0 Å². The maximum atomic E-state index is 12.1. The minimum atomic E-state index is -1.07. The van der Waals surface area contributed by atoms with Crippen LogP contribution in [0.15, 0.2) is 12.2 Å². The molecule has 0 radical (unpaired) electrons. The van der Waals surface area contributed by atoms with Crippen molar-refractivity contribution in [1.82, 2.24) is 0 Å². The Morgan fingerprint density at radius 2 is 1.72 bits per heavy atom. The molecule has 2 saturated carbocycles. The average molecular weight is 250 g/mol. The lowest BCUT2D eigenvalue weighted by Gasteiger charge is -2.26. The van der Waals surface area contributed by atoms with Gasteiger partial charge in [0.2, 0.25) is 0 Å². The molecule has 4 nitrogen and oxygen atoms in total. The number of hydrogen-bond acceptors (Lipinski definition) is 4. The Morgan fingerprint density at radius 3 is 2.28 bits per heavy atom. The van der Waals surface area contributed by atoms with E-state index in [0.717, 1.165) is 19.3 Å². The molecule has 3 aliphatic carbocycles. The molecule has 0 spiro atoms. The van der Waals surface area contributed by atoms with Crippen molar-refractivity contribution in [2.45, 2.75) is 32.1 Å². The van der Waals surface area contributed by atoms with E-state index >= 15 is 0 Å². The van der Waals surface area contributed by atoms with Crippen LogP contribution in [0.4, 0.5) is 0 Å². The maximum absolute atomic E-state index is 12.1. The Labute approximate surface area is 106 Å². The fourth-order valence-corrected chi connectivity index (χ4v) is 4.38. The molecule has 0 heterocycles. The predicted molar refractivity (Wildman–Crippen MR) is 63.6 cm³/mol. The number of rotatable bonds is 2. The molecule has 3 rings (SSSR count). The molecule has 98 valence electrons. The molecule has 0 aromatic heterocycles. The Bertz CT molecular complexity index is 433. The summed E-state index contributed by atoms with van der Waals surface area (Å²) in [5.74, 6) is -0.869. The standard InChI is InChI=1S/C14H18O4/c1-17-10(15)14(11(16)18-2)8-12-5-3-4-6-13(12,7-12)9-14/h3,5H,4,6-9H2,1-2H3. The lowest BCUT2D eigenvalue weighted by atomic mass is 9.79. The third-order valence-electron chi connectivity index (χ3n) is 5.22. The Balaban J connectivity index is 1.99. The first-order chi connectivity index (χ1) is 8.54. The van der Waals surface area contributed by atoms with Crippen LogP contribution in [0.2, 0.25) is 0 Å². The molecular formula is C14H18O4. The van der Waals surface area contributed by atoms with E-state index in [-0.39, 0.29) is 10.8 Å². The number of ether oxygens (including phenoxy) is 2. The van der Waals surface area contributed by atoms with Gasteiger partial charge < -0.3 is 9.47 Å². The highest BCUT2D eigenvalue weighted by Gasteiger charge is 2.78. The summed E-state index contributed by atoms with van der Waals surface area (Å²) >= 11 is 0. The highest BCUT2D eigenvalue weighted by atomic mass is 16.5. The van der Waals surface area contributed by atoms with Crippen molar-refractivity contribution in [3.05, 3.63) is 12.2 Å². The summed E-state index contributed by atoms with van der Waals surface area (Å²) in [6.07, 6.45) is 8.74. The summed E-state index contributed by atoms with van der Waals surface area (Å²) in [4.78, 5) is 24.2. The van der Waals surface area contributed by atoms with Crippen LogP contribution in [0, 0.1) is 16.2 Å². The fraction of sp³-hybridized carbons (Fsp3) is 0.714. The van der Waals surface area contributed by atoms with E-state index in [9.17, 15) is 9.59 Å². The smallest absolute Gasteiger partial charge is 0.323 e. The number of allylic oxidation sites excluding steroid dienone is 2. The van der Waals surface area contributed by atoms with Gasteiger partial charge in [-0.25, -0.2) is 0 Å². The lowest BCUT2D eigenvalue weighted by molar-refractivity contribution is -0.170. The van der Waals surface area contributed by atoms with Gasteiger partial charge in [0.25, 0.3) is 0 Å². The van der Waals surface area contributed by atoms with Gasteiger partial charge in [0.05, 0.1) is 14.2 Å². The number of carbonyl (C=O) groups is 2. The predicted octanol–water partition coefficient (Wildman–Crippen LogP) is 1.84. The largest absolute Gasteiger partial charge is 0.468 e. The molecule has 0 aliphatic heterocycles. The topological polar surface area (TPSA) is 52.6 Å². The van der Waals surface area contributed by atoms with Crippen LogP contribution in [0.1, 0.15) is 32.1 Å². The number of carbonyl (C=O) groups excluding carboxylic acids is 2. The SMILES string of the molecule is COC(=O)C1(C(=O)OC)CC23C=CCCC2(C1)C3. The number of hydrogen-bond donors (Lipinski definition) is 0. The highest BCUT2D eigenvalue weighted by Crippen LogP contribution is 2.81. The van der Waals surface area contributed by atoms with Gasteiger partial charge in [-0.05, 0) is 42.9 Å². The molecule has 4 heteroatoms. The second-order valence-corrected chi connectivity index (χ2v) is 5.97. The number of esters is 2. The molecule has 2 atom stereocenters. The van der Waals surface area contributed by atoms with Crippen LogP contribution < -0.4 is 0 Å². The van der Waals surface area contributed by atoms with Gasteiger partial charge in [-0.3, -0.25) is 9.59 Å². The zero-order valence-corrected chi connectivity index (χ0v) is 10.8. The Hall–Kier alpha value is -1.32. The van der Waals surface area contributed by atoms with Crippen molar-refractivity contribution in [3.63, 3.8) is 0 Å². The summed E-state index contributed by atoms with van der Waals surface area (Å²) in [5, 5.41) is 0. The normalized spacial score (nSPS) is 38.6. The quantitative estimate of drug-likeness (QED) is 0.426. The molecule has 0 N–H and O–H groups in total. The number of methoxy groups -OCH3 is 2. The third-order valence-corrected chi connectivity index (χ3v) is 5.22. The second kappa shape index (κ2) is 3.37. The van der Waals surface area contributed by atoms with E-state index in [2.05, 4.69) is 12.2 Å². The van der Waals surface area contributed by atoms with Gasteiger partial charge in [-0.1, -0.05) is 12.2 Å². The summed E-state index contributed by atoms with van der Waals surface area (Å²) in [5.41, 5.74) is -0.881. The molecule has 2 unspecified atom stereocenters. The van der Waals surface area contributed by atoms with Crippen molar-refractivity contribution in [2.75, 3.05) is 14.2 Å². The average Bonchev–Trinajstić information content (AvgIpc) is 2.93. The Kier molecular flexibility index (Phi) is 2.20. The first kappa shape index (κ1) is 11.8. The molecule has 18 heavy (non-hydrogen) atoms. The van der Waals surface area contributed by atoms with Gasteiger partial charge in [-0.15, -0.1) is 0 Å². The second-order valence-electron chi connectivity index (χ2n) is 5.97. The van der Waals surface area contributed by atoms with Gasteiger partial charge in [0.15, 0.2) is 5.41 Å². The molecule has 0 aromatic rings. The first-order valence-corrected chi connectivity index (χ1v) is 6.39. The van der Waals surface area contributed by atoms with Crippen molar-refractivity contribution < 1.29 is 19.1 Å². The van der Waals surface area contributed by atoms with E-state index in [1.54, 1.807) is 0 Å². The summed E-state index contributed by atoms with van der Waals surface area (Å²) in [6, 6.07) is 0. The highest BCUT2D eigenvalue weighted by molar-refractivity contribution is 6.01. The van der Waals surface area contributed by atoms with Crippen molar-refractivity contribution in [1.29, 1.82) is 0 Å². The molecule has 0 amide bonds. The Morgan fingerprint density at radius 1 is 1.06 bits per heavy atom. The minimum absolute atomic E-state index is 0.0492. The zero-order chi connectivity index (χ0) is 13.0. The minimum Gasteiger partial charge on any atom is -0.468 e. The maximum Gasteiger partial charge on any atom is 0.323 e. The van der Waals surface area contributed by atoms with E-state index in [4.69, 9.17) is 9.47 Å². The fourth-order valence-electron chi connectivity index (χ4n) is 4.38. The lowest BCUT2D eigenvalue weighted by Crippen LogP contribution is -2.41. The monoisotopic (exact) mass is 250 g/mol. The van der Waals surface area contributed by atoms with Gasteiger partial charge in [-0.2, -0.15) is 0 Å². The van der Waals surface area contributed by atoms with Crippen molar-refractivity contribution in [3.8, 4) is 0 Å². The van der Waals surface area contributed by atoms with E-state index in [0.29, 0.717) is 12.8 Å². The molecule has 0 saturated heterocycles.